The van der Waals surface area contributed by atoms with Crippen molar-refractivity contribution in [2.24, 2.45) is 38.9 Å². The molecule has 112 valence electrons. The van der Waals surface area contributed by atoms with Crippen LogP contribution in [0.4, 0.5) is 0 Å². The molecular weight excluding hydrogens is 228 g/mol. The molecule has 2 atom stereocenters. The molecule has 2 rings (SSSR count). The van der Waals surface area contributed by atoms with Gasteiger partial charge in [0, 0.05) is 0 Å². The van der Waals surface area contributed by atoms with Crippen molar-refractivity contribution in [3.05, 3.63) is 0 Å². The van der Waals surface area contributed by atoms with E-state index in [1.165, 1.54) is 12.8 Å². The summed E-state index contributed by atoms with van der Waals surface area (Å²) < 4.78 is 0. The first kappa shape index (κ1) is 15.4. The molecule has 0 aromatic heterocycles. The third-order valence-corrected chi connectivity index (χ3v) is 8.60. The lowest BCUT2D eigenvalue weighted by atomic mass is 9.25. The van der Waals surface area contributed by atoms with E-state index in [0.717, 1.165) is 11.8 Å². The third-order valence-electron chi connectivity index (χ3n) is 8.60. The summed E-state index contributed by atoms with van der Waals surface area (Å²) in [6, 6.07) is 0. The second-order valence-corrected chi connectivity index (χ2v) is 10.1. The molecule has 2 aliphatic rings. The predicted molar refractivity (Wildman–Crippen MR) is 85.1 cm³/mol. The lowest BCUT2D eigenvalue weighted by Gasteiger charge is -2.79. The van der Waals surface area contributed by atoms with Gasteiger partial charge in [-0.1, -0.05) is 69.2 Å². The molecule has 1 spiro atoms. The van der Waals surface area contributed by atoms with Gasteiger partial charge in [-0.2, -0.15) is 0 Å². The Labute approximate surface area is 121 Å². The maximum atomic E-state index is 2.57. The molecule has 0 aliphatic heterocycles. The zero-order chi connectivity index (χ0) is 15.1. The van der Waals surface area contributed by atoms with Crippen molar-refractivity contribution >= 4 is 0 Å². The molecule has 2 aliphatic carbocycles. The molecular formula is C19H36. The molecule has 0 heterocycles. The lowest BCUT2D eigenvalue weighted by molar-refractivity contribution is -0.312. The van der Waals surface area contributed by atoms with Gasteiger partial charge >= 0.3 is 0 Å². The Bertz CT molecular complexity index is 345. The molecule has 0 N–H and O–H groups in total. The molecule has 0 aromatic rings. The Morgan fingerprint density at radius 2 is 0.947 bits per heavy atom. The minimum Gasteiger partial charge on any atom is -0.0619 e. The van der Waals surface area contributed by atoms with E-state index in [9.17, 15) is 0 Å². The Morgan fingerprint density at radius 3 is 1.21 bits per heavy atom. The molecule has 19 heavy (non-hydrogen) atoms. The van der Waals surface area contributed by atoms with Crippen LogP contribution in [0, 0.1) is 38.9 Å². The van der Waals surface area contributed by atoms with E-state index in [1.807, 2.05) is 0 Å². The molecule has 0 radical (unpaired) electrons. The van der Waals surface area contributed by atoms with Crippen molar-refractivity contribution in [2.75, 3.05) is 0 Å². The fraction of sp³-hybridized carbons (Fsp3) is 1.00. The standard InChI is InChI=1S/C19H36/c1-13-11-14(2)19(13)17(7,8)15(3,4)12-16(5,6)18(19,9)10/h13-14H,11-12H2,1-10H3. The quantitative estimate of drug-likeness (QED) is 0.491. The SMILES string of the molecule is CC1CC(C)C12C(C)(C)C(C)(C)CC(C)(C)C2(C)C. The Morgan fingerprint density at radius 1 is 0.632 bits per heavy atom. The minimum absolute atomic E-state index is 0.399. The van der Waals surface area contributed by atoms with Crippen LogP contribution in [-0.2, 0) is 0 Å². The molecule has 2 unspecified atom stereocenters. The zero-order valence-corrected chi connectivity index (χ0v) is 15.1. The lowest BCUT2D eigenvalue weighted by Crippen LogP contribution is -2.73. The molecule has 0 amide bonds. The van der Waals surface area contributed by atoms with Gasteiger partial charge in [0.2, 0.25) is 0 Å². The highest BCUT2D eigenvalue weighted by Gasteiger charge is 2.74. The van der Waals surface area contributed by atoms with E-state index in [2.05, 4.69) is 69.2 Å². The van der Waals surface area contributed by atoms with Crippen LogP contribution < -0.4 is 0 Å². The summed E-state index contributed by atoms with van der Waals surface area (Å²) in [5.74, 6) is 1.71. The largest absolute Gasteiger partial charge is 0.0619 e. The Balaban J connectivity index is 2.71. The highest BCUT2D eigenvalue weighted by Crippen LogP contribution is 2.80. The average Bonchev–Trinajstić information content (AvgIpc) is 2.12. The fourth-order valence-electron chi connectivity index (χ4n) is 7.14. The third kappa shape index (κ3) is 1.37. The van der Waals surface area contributed by atoms with Crippen LogP contribution in [-0.4, -0.2) is 0 Å². The first-order valence-corrected chi connectivity index (χ1v) is 8.26. The molecule has 2 fully saturated rings. The highest BCUT2D eigenvalue weighted by atomic mass is 14.8. The van der Waals surface area contributed by atoms with E-state index in [1.54, 1.807) is 0 Å². The summed E-state index contributed by atoms with van der Waals surface area (Å²) in [6.45, 7) is 25.4. The van der Waals surface area contributed by atoms with Gasteiger partial charge < -0.3 is 0 Å². The second-order valence-electron chi connectivity index (χ2n) is 10.1. The van der Waals surface area contributed by atoms with E-state index < -0.39 is 0 Å². The first-order valence-electron chi connectivity index (χ1n) is 8.26. The van der Waals surface area contributed by atoms with Gasteiger partial charge in [0.15, 0.2) is 0 Å². The van der Waals surface area contributed by atoms with Crippen molar-refractivity contribution < 1.29 is 0 Å². The van der Waals surface area contributed by atoms with Gasteiger partial charge in [-0.05, 0) is 51.8 Å². The van der Waals surface area contributed by atoms with Gasteiger partial charge in [-0.15, -0.1) is 0 Å². The smallest absolute Gasteiger partial charge is 0.0133 e. The molecule has 0 aromatic carbocycles. The molecule has 0 nitrogen and oxygen atoms in total. The van der Waals surface area contributed by atoms with Crippen molar-refractivity contribution in [1.82, 2.24) is 0 Å². The van der Waals surface area contributed by atoms with E-state index >= 15 is 0 Å². The Hall–Kier alpha value is 0. The van der Waals surface area contributed by atoms with Crippen molar-refractivity contribution in [3.8, 4) is 0 Å². The predicted octanol–water partition coefficient (Wildman–Crippen LogP) is 6.16. The summed E-state index contributed by atoms with van der Waals surface area (Å²) in [6.07, 6.45) is 2.75. The maximum Gasteiger partial charge on any atom is -0.0133 e. The molecule has 0 bridgehead atoms. The van der Waals surface area contributed by atoms with Gasteiger partial charge in [-0.3, -0.25) is 0 Å². The monoisotopic (exact) mass is 264 g/mol. The van der Waals surface area contributed by atoms with Crippen LogP contribution in [0.5, 0.6) is 0 Å². The summed E-state index contributed by atoms with van der Waals surface area (Å²) in [5.41, 5.74) is 2.10. The zero-order valence-electron chi connectivity index (χ0n) is 15.1. The molecule has 0 saturated heterocycles. The maximum absolute atomic E-state index is 2.57. The molecule has 0 heteroatoms. The van der Waals surface area contributed by atoms with Crippen LogP contribution in [0.2, 0.25) is 0 Å². The van der Waals surface area contributed by atoms with Gasteiger partial charge in [0.25, 0.3) is 0 Å². The van der Waals surface area contributed by atoms with Crippen LogP contribution in [0.3, 0.4) is 0 Å². The summed E-state index contributed by atoms with van der Waals surface area (Å²) >= 11 is 0. The fourth-order valence-corrected chi connectivity index (χ4v) is 7.14. The summed E-state index contributed by atoms with van der Waals surface area (Å²) in [7, 11) is 0. The van der Waals surface area contributed by atoms with Crippen LogP contribution in [0.1, 0.15) is 82.1 Å². The van der Waals surface area contributed by atoms with E-state index in [-0.39, 0.29) is 0 Å². The Kier molecular flexibility index (Phi) is 2.92. The van der Waals surface area contributed by atoms with Crippen LogP contribution in [0.25, 0.3) is 0 Å². The van der Waals surface area contributed by atoms with Crippen LogP contribution >= 0.6 is 0 Å². The van der Waals surface area contributed by atoms with Crippen molar-refractivity contribution in [1.29, 1.82) is 0 Å². The van der Waals surface area contributed by atoms with Gasteiger partial charge in [0.1, 0.15) is 0 Å². The van der Waals surface area contributed by atoms with Gasteiger partial charge in [-0.25, -0.2) is 0 Å². The van der Waals surface area contributed by atoms with Crippen LogP contribution in [0.15, 0.2) is 0 Å². The number of hydrogen-bond donors (Lipinski definition) is 0. The highest BCUT2D eigenvalue weighted by molar-refractivity contribution is 5.22. The van der Waals surface area contributed by atoms with E-state index in [0.29, 0.717) is 27.1 Å². The molecule has 2 saturated carbocycles. The van der Waals surface area contributed by atoms with E-state index in [4.69, 9.17) is 0 Å². The number of rotatable bonds is 0. The number of hydrogen-bond acceptors (Lipinski definition) is 0. The van der Waals surface area contributed by atoms with Gasteiger partial charge in [0.05, 0.1) is 0 Å². The topological polar surface area (TPSA) is 0 Å². The minimum atomic E-state index is 0.399. The van der Waals surface area contributed by atoms with Crippen molar-refractivity contribution in [3.63, 3.8) is 0 Å². The summed E-state index contributed by atoms with van der Waals surface area (Å²) in [4.78, 5) is 0. The second kappa shape index (κ2) is 3.60. The normalized spacial score (nSPS) is 40.7. The average molecular weight is 264 g/mol. The van der Waals surface area contributed by atoms with Crippen molar-refractivity contribution in [2.45, 2.75) is 82.1 Å². The summed E-state index contributed by atoms with van der Waals surface area (Å²) in [5, 5.41) is 0. The first-order chi connectivity index (χ1) is 8.26.